The Morgan fingerprint density at radius 2 is 2.08 bits per heavy atom. The summed E-state index contributed by atoms with van der Waals surface area (Å²) in [7, 11) is 0. The number of rotatable bonds is 6. The lowest BCUT2D eigenvalue weighted by Gasteiger charge is -2.32. The van der Waals surface area contributed by atoms with Gasteiger partial charge in [-0.2, -0.15) is 0 Å². The molecule has 1 saturated carbocycles. The molecule has 0 spiro atoms. The van der Waals surface area contributed by atoms with E-state index in [4.69, 9.17) is 5.11 Å². The third-order valence-electron chi connectivity index (χ3n) is 5.67. The molecule has 6 nitrogen and oxygen atoms in total. The summed E-state index contributed by atoms with van der Waals surface area (Å²) in [4.78, 5) is 28.0. The first kappa shape index (κ1) is 19.3. The van der Waals surface area contributed by atoms with Crippen molar-refractivity contribution in [3.05, 3.63) is 16.1 Å². The number of carbonyl (C=O) groups is 2. The molecule has 1 aliphatic carbocycles. The van der Waals surface area contributed by atoms with Crippen LogP contribution >= 0.6 is 11.3 Å². The second kappa shape index (κ2) is 8.95. The molecule has 3 rings (SSSR count). The molecule has 3 N–H and O–H groups in total. The predicted octanol–water partition coefficient (Wildman–Crippen LogP) is 2.83. The molecule has 0 aromatic carbocycles. The van der Waals surface area contributed by atoms with Crippen LogP contribution in [-0.2, 0) is 9.59 Å². The smallest absolute Gasteiger partial charge is 0.303 e. The highest BCUT2D eigenvalue weighted by atomic mass is 32.1. The molecule has 2 fully saturated rings. The van der Waals surface area contributed by atoms with E-state index >= 15 is 0 Å². The first-order valence-corrected chi connectivity index (χ1v) is 10.6. The van der Waals surface area contributed by atoms with E-state index in [1.54, 1.807) is 11.3 Å². The van der Waals surface area contributed by atoms with Crippen molar-refractivity contribution >= 4 is 23.2 Å². The number of thiazole rings is 1. The van der Waals surface area contributed by atoms with Crippen LogP contribution in [0.15, 0.2) is 5.38 Å². The van der Waals surface area contributed by atoms with E-state index in [0.717, 1.165) is 62.2 Å². The molecule has 1 amide bonds. The molecule has 7 heteroatoms. The van der Waals surface area contributed by atoms with Gasteiger partial charge in [0.05, 0.1) is 11.0 Å². The Labute approximate surface area is 158 Å². The Morgan fingerprint density at radius 3 is 2.73 bits per heavy atom. The molecular weight excluding hydrogens is 350 g/mol. The maximum absolute atomic E-state index is 12.7. The van der Waals surface area contributed by atoms with Crippen LogP contribution in [-0.4, -0.2) is 40.6 Å². The SMILES string of the molecule is Cc1csc(C2CCNC(C(=O)NC3CCC(CCC(=O)O)CC3)C2)n1. The molecule has 2 heterocycles. The van der Waals surface area contributed by atoms with Gasteiger partial charge in [-0.3, -0.25) is 9.59 Å². The largest absolute Gasteiger partial charge is 0.481 e. The van der Waals surface area contributed by atoms with Gasteiger partial charge in [-0.1, -0.05) is 0 Å². The number of aliphatic carboxylic acids is 1. The number of carboxylic acid groups (broad SMARTS) is 1. The van der Waals surface area contributed by atoms with Gasteiger partial charge < -0.3 is 15.7 Å². The minimum atomic E-state index is -0.714. The first-order valence-electron chi connectivity index (χ1n) is 9.69. The molecule has 26 heavy (non-hydrogen) atoms. The van der Waals surface area contributed by atoms with Gasteiger partial charge >= 0.3 is 5.97 Å². The Balaban J connectivity index is 1.44. The normalized spacial score (nSPS) is 29.3. The molecule has 1 aromatic rings. The fourth-order valence-electron chi connectivity index (χ4n) is 4.13. The van der Waals surface area contributed by atoms with Gasteiger partial charge in [0.1, 0.15) is 0 Å². The van der Waals surface area contributed by atoms with Crippen LogP contribution in [0.3, 0.4) is 0 Å². The highest BCUT2D eigenvalue weighted by Gasteiger charge is 2.31. The van der Waals surface area contributed by atoms with Crippen molar-refractivity contribution in [3.63, 3.8) is 0 Å². The van der Waals surface area contributed by atoms with Crippen molar-refractivity contribution in [2.24, 2.45) is 5.92 Å². The summed E-state index contributed by atoms with van der Waals surface area (Å²) >= 11 is 1.70. The van der Waals surface area contributed by atoms with E-state index < -0.39 is 5.97 Å². The lowest BCUT2D eigenvalue weighted by molar-refractivity contribution is -0.137. The molecule has 144 valence electrons. The standard InChI is InChI=1S/C19H29N3O3S/c1-12-11-26-19(21-12)14-8-9-20-16(10-14)18(25)22-15-5-2-13(3-6-15)4-7-17(23)24/h11,13-16,20H,2-10H2,1H3,(H,22,25)(H,23,24). The second-order valence-electron chi connectivity index (χ2n) is 7.71. The zero-order valence-electron chi connectivity index (χ0n) is 15.4. The van der Waals surface area contributed by atoms with Crippen molar-refractivity contribution in [2.45, 2.75) is 76.3 Å². The van der Waals surface area contributed by atoms with E-state index in [1.807, 2.05) is 6.92 Å². The summed E-state index contributed by atoms with van der Waals surface area (Å²) in [6.07, 6.45) is 6.79. The van der Waals surface area contributed by atoms with Gasteiger partial charge in [0.25, 0.3) is 0 Å². The summed E-state index contributed by atoms with van der Waals surface area (Å²) in [5.74, 6) is 0.257. The van der Waals surface area contributed by atoms with Crippen LogP contribution in [0.4, 0.5) is 0 Å². The van der Waals surface area contributed by atoms with Crippen LogP contribution in [0.5, 0.6) is 0 Å². The summed E-state index contributed by atoms with van der Waals surface area (Å²) in [6.45, 7) is 2.86. The zero-order chi connectivity index (χ0) is 18.5. The van der Waals surface area contributed by atoms with Crippen LogP contribution in [0.1, 0.15) is 68.0 Å². The van der Waals surface area contributed by atoms with Gasteiger partial charge in [-0.25, -0.2) is 4.98 Å². The Bertz CT molecular complexity index is 625. The van der Waals surface area contributed by atoms with Gasteiger partial charge in [-0.15, -0.1) is 11.3 Å². The zero-order valence-corrected chi connectivity index (χ0v) is 16.2. The molecular formula is C19H29N3O3S. The van der Waals surface area contributed by atoms with E-state index in [1.165, 1.54) is 0 Å². The number of carbonyl (C=O) groups excluding carboxylic acids is 1. The number of aryl methyl sites for hydroxylation is 1. The van der Waals surface area contributed by atoms with Crippen molar-refractivity contribution in [1.82, 2.24) is 15.6 Å². The Kier molecular flexibility index (Phi) is 6.64. The number of carboxylic acids is 1. The summed E-state index contributed by atoms with van der Waals surface area (Å²) < 4.78 is 0. The maximum Gasteiger partial charge on any atom is 0.303 e. The maximum atomic E-state index is 12.7. The van der Waals surface area contributed by atoms with Crippen LogP contribution in [0.2, 0.25) is 0 Å². The quantitative estimate of drug-likeness (QED) is 0.707. The van der Waals surface area contributed by atoms with Crippen molar-refractivity contribution in [1.29, 1.82) is 0 Å². The summed E-state index contributed by atoms with van der Waals surface area (Å²) in [5, 5.41) is 18.6. The fourth-order valence-corrected chi connectivity index (χ4v) is 5.07. The molecule has 0 bridgehead atoms. The molecule has 2 atom stereocenters. The highest BCUT2D eigenvalue weighted by Crippen LogP contribution is 2.31. The minimum absolute atomic E-state index is 0.108. The first-order chi connectivity index (χ1) is 12.5. The molecule has 0 radical (unpaired) electrons. The van der Waals surface area contributed by atoms with Crippen molar-refractivity contribution < 1.29 is 14.7 Å². The number of nitrogens with one attached hydrogen (secondary N) is 2. The van der Waals surface area contributed by atoms with Crippen LogP contribution in [0.25, 0.3) is 0 Å². The van der Waals surface area contributed by atoms with Crippen molar-refractivity contribution in [3.8, 4) is 0 Å². The third kappa shape index (κ3) is 5.27. The Hall–Kier alpha value is -1.47. The third-order valence-corrected chi connectivity index (χ3v) is 6.79. The van der Waals surface area contributed by atoms with Gasteiger partial charge in [0.15, 0.2) is 0 Å². The number of amides is 1. The molecule has 2 aliphatic rings. The Morgan fingerprint density at radius 1 is 1.31 bits per heavy atom. The fraction of sp³-hybridized carbons (Fsp3) is 0.737. The van der Waals surface area contributed by atoms with E-state index in [9.17, 15) is 9.59 Å². The van der Waals surface area contributed by atoms with Crippen LogP contribution in [0, 0.1) is 12.8 Å². The lowest BCUT2D eigenvalue weighted by Crippen LogP contribution is -2.51. The average Bonchev–Trinajstić information content (AvgIpc) is 3.07. The van der Waals surface area contributed by atoms with E-state index in [0.29, 0.717) is 11.8 Å². The van der Waals surface area contributed by atoms with E-state index in [2.05, 4.69) is 21.0 Å². The van der Waals surface area contributed by atoms with Gasteiger partial charge in [0, 0.05) is 29.5 Å². The topological polar surface area (TPSA) is 91.3 Å². The van der Waals surface area contributed by atoms with Gasteiger partial charge in [0.2, 0.25) is 5.91 Å². The number of hydrogen-bond donors (Lipinski definition) is 3. The second-order valence-corrected chi connectivity index (χ2v) is 8.60. The monoisotopic (exact) mass is 379 g/mol. The van der Waals surface area contributed by atoms with Crippen molar-refractivity contribution in [2.75, 3.05) is 6.54 Å². The summed E-state index contributed by atoms with van der Waals surface area (Å²) in [6, 6.07) is 0.0931. The number of hydrogen-bond acceptors (Lipinski definition) is 5. The molecule has 1 aromatic heterocycles. The molecule has 1 saturated heterocycles. The van der Waals surface area contributed by atoms with Gasteiger partial charge in [-0.05, 0) is 64.3 Å². The molecule has 1 aliphatic heterocycles. The number of piperidine rings is 1. The van der Waals surface area contributed by atoms with Crippen LogP contribution < -0.4 is 10.6 Å². The number of aromatic nitrogens is 1. The lowest BCUT2D eigenvalue weighted by atomic mass is 9.83. The highest BCUT2D eigenvalue weighted by molar-refractivity contribution is 7.09. The van der Waals surface area contributed by atoms with E-state index in [-0.39, 0.29) is 24.4 Å². The minimum Gasteiger partial charge on any atom is -0.481 e. The summed E-state index contributed by atoms with van der Waals surface area (Å²) in [5.41, 5.74) is 1.06. The molecule has 2 unspecified atom stereocenters. The average molecular weight is 380 g/mol. The predicted molar refractivity (Wildman–Crippen MR) is 101 cm³/mol. The number of nitrogens with zero attached hydrogens (tertiary/aromatic N) is 1.